The first-order chi connectivity index (χ1) is 21.4. The molecule has 0 aromatic heterocycles. The Morgan fingerprint density at radius 1 is 0.911 bits per heavy atom. The summed E-state index contributed by atoms with van der Waals surface area (Å²) in [6.07, 6.45) is 0.501. The molecule has 2 heterocycles. The van der Waals surface area contributed by atoms with Crippen LogP contribution in [0.3, 0.4) is 0 Å². The fraction of sp³-hybridized carbons (Fsp3) is 0.586. The average Bonchev–Trinajstić information content (AvgIpc) is 3.02. The quantitative estimate of drug-likeness (QED) is 0.165. The second kappa shape index (κ2) is 17.3. The van der Waals surface area contributed by atoms with Crippen LogP contribution in [0, 0.1) is 5.92 Å². The summed E-state index contributed by atoms with van der Waals surface area (Å²) in [6, 6.07) is 1.22. The third kappa shape index (κ3) is 10.8. The van der Waals surface area contributed by atoms with Crippen LogP contribution in [0.25, 0.3) is 0 Å². The maximum absolute atomic E-state index is 13.8. The number of nitrogens with two attached hydrogens (primary N) is 1. The van der Waals surface area contributed by atoms with Gasteiger partial charge in [0.05, 0.1) is 11.4 Å². The lowest BCUT2D eigenvalue weighted by atomic mass is 9.96. The van der Waals surface area contributed by atoms with E-state index in [9.17, 15) is 33.9 Å². The van der Waals surface area contributed by atoms with Crippen molar-refractivity contribution in [1.82, 2.24) is 31.9 Å². The molecule has 0 aliphatic carbocycles. The molecule has 0 spiro atoms. The molecule has 16 heteroatoms. The first-order valence-corrected chi connectivity index (χ1v) is 17.4. The smallest absolute Gasteiger partial charge is 0.243 e. The fourth-order valence-corrected chi connectivity index (χ4v) is 7.30. The van der Waals surface area contributed by atoms with Crippen LogP contribution < -0.4 is 37.6 Å². The first kappa shape index (κ1) is 36.0. The number of aromatic hydroxyl groups is 1. The molecule has 14 nitrogen and oxygen atoms in total. The first-order valence-electron chi connectivity index (χ1n) is 15.0. The Hall–Kier alpha value is -3.50. The Morgan fingerprint density at radius 2 is 1.56 bits per heavy atom. The molecule has 6 amide bonds. The van der Waals surface area contributed by atoms with Gasteiger partial charge in [0.1, 0.15) is 29.9 Å². The summed E-state index contributed by atoms with van der Waals surface area (Å²) < 4.78 is 0. The van der Waals surface area contributed by atoms with Crippen LogP contribution in [0.5, 0.6) is 5.75 Å². The maximum Gasteiger partial charge on any atom is 0.243 e. The standard InChI is InChI=1S/C29H43N7O7S2/c1-4-15(3)24-29(43)34-19(10-11-22(30)38)26(40)33-18(5-2)25(39)31-13-23-32-21(14-44-45-23)28(42)35-20(27(41)36-24)12-16-6-8-17(37)9-7-16/h6-9,15,18-21,23-24,32,37H,4-5,10-14H2,1-3H3,(H2,30,38)(H,31,39)(H,33,40)(H,34,43)(H,35,42)(H,36,41). The van der Waals surface area contributed by atoms with Crippen molar-refractivity contribution in [3.8, 4) is 5.75 Å². The number of hydrogen-bond donors (Lipinski definition) is 8. The summed E-state index contributed by atoms with van der Waals surface area (Å²) in [6.45, 7) is 5.48. The monoisotopic (exact) mass is 665 g/mol. The number of primary amides is 1. The summed E-state index contributed by atoms with van der Waals surface area (Å²) >= 11 is 0. The van der Waals surface area contributed by atoms with Crippen LogP contribution in [0.15, 0.2) is 24.3 Å². The van der Waals surface area contributed by atoms with Crippen LogP contribution in [0.4, 0.5) is 0 Å². The molecule has 2 aliphatic rings. The minimum Gasteiger partial charge on any atom is -0.508 e. The van der Waals surface area contributed by atoms with Crippen LogP contribution in [-0.4, -0.2) is 88.4 Å². The molecule has 45 heavy (non-hydrogen) atoms. The molecule has 0 saturated carbocycles. The highest BCUT2D eigenvalue weighted by atomic mass is 33.1. The van der Waals surface area contributed by atoms with Crippen LogP contribution >= 0.6 is 21.6 Å². The van der Waals surface area contributed by atoms with Gasteiger partial charge in [-0.1, -0.05) is 60.9 Å². The highest BCUT2D eigenvalue weighted by molar-refractivity contribution is 8.77. The van der Waals surface area contributed by atoms with Crippen molar-refractivity contribution in [2.24, 2.45) is 11.7 Å². The van der Waals surface area contributed by atoms with Crippen LogP contribution in [0.1, 0.15) is 52.0 Å². The molecular weight excluding hydrogens is 622 g/mol. The van der Waals surface area contributed by atoms with E-state index < -0.39 is 65.7 Å². The van der Waals surface area contributed by atoms with E-state index in [1.165, 1.54) is 33.7 Å². The molecule has 1 aromatic rings. The molecule has 2 aliphatic heterocycles. The van der Waals surface area contributed by atoms with E-state index in [-0.39, 0.29) is 49.3 Å². The normalized spacial score (nSPS) is 27.8. The number of rotatable bonds is 8. The van der Waals surface area contributed by atoms with Crippen LogP contribution in [-0.2, 0) is 35.2 Å². The molecule has 3 rings (SSSR count). The molecule has 2 saturated heterocycles. The number of phenolic OH excluding ortho intramolecular Hbond substituents is 1. The van der Waals surface area contributed by atoms with Gasteiger partial charge in [-0.2, -0.15) is 0 Å². The topological polar surface area (TPSA) is 221 Å². The van der Waals surface area contributed by atoms with E-state index in [1.54, 1.807) is 26.0 Å². The van der Waals surface area contributed by atoms with E-state index in [4.69, 9.17) is 5.73 Å². The third-order valence-electron chi connectivity index (χ3n) is 7.74. The SMILES string of the molecule is CCC1NC(=O)C(CCC(N)=O)NC(=O)C(C(C)CC)NC(=O)C(Cc2ccc(O)cc2)NC(=O)C2CSSC(CNC1=O)N2. The predicted molar refractivity (Wildman–Crippen MR) is 171 cm³/mol. The van der Waals surface area contributed by atoms with E-state index in [0.717, 1.165) is 0 Å². The highest BCUT2D eigenvalue weighted by Gasteiger charge is 2.36. The van der Waals surface area contributed by atoms with Gasteiger partial charge in [0.2, 0.25) is 35.4 Å². The number of carbonyl (C=O) groups is 6. The second-order valence-corrected chi connectivity index (χ2v) is 13.8. The Morgan fingerprint density at radius 3 is 2.20 bits per heavy atom. The van der Waals surface area contributed by atoms with Crippen molar-refractivity contribution in [2.45, 2.75) is 88.5 Å². The van der Waals surface area contributed by atoms with Gasteiger partial charge in [-0.3, -0.25) is 34.1 Å². The Bertz CT molecular complexity index is 1240. The molecular formula is C29H43N7O7S2. The zero-order chi connectivity index (χ0) is 33.1. The Kier molecular flexibility index (Phi) is 13.8. The highest BCUT2D eigenvalue weighted by Crippen LogP contribution is 2.30. The largest absolute Gasteiger partial charge is 0.508 e. The lowest BCUT2D eigenvalue weighted by Crippen LogP contribution is -2.62. The number of nitrogens with one attached hydrogen (secondary N) is 6. The molecule has 0 radical (unpaired) electrons. The van der Waals surface area contributed by atoms with Crippen molar-refractivity contribution >= 4 is 57.0 Å². The maximum atomic E-state index is 13.8. The number of amides is 6. The van der Waals surface area contributed by atoms with Gasteiger partial charge in [0, 0.05) is 25.1 Å². The zero-order valence-electron chi connectivity index (χ0n) is 25.6. The molecule has 9 N–H and O–H groups in total. The van der Waals surface area contributed by atoms with E-state index >= 15 is 0 Å². The third-order valence-corrected chi connectivity index (χ3v) is 10.4. The van der Waals surface area contributed by atoms with Gasteiger partial charge in [-0.05, 0) is 36.5 Å². The molecule has 7 atom stereocenters. The van der Waals surface area contributed by atoms with Crippen molar-refractivity contribution < 1.29 is 33.9 Å². The molecule has 2 fully saturated rings. The summed E-state index contributed by atoms with van der Waals surface area (Å²) in [5.74, 6) is -3.40. The van der Waals surface area contributed by atoms with Crippen molar-refractivity contribution in [3.05, 3.63) is 29.8 Å². The number of carbonyl (C=O) groups excluding carboxylic acids is 6. The minimum absolute atomic E-state index is 0.0460. The van der Waals surface area contributed by atoms with Gasteiger partial charge in [0.15, 0.2) is 0 Å². The van der Waals surface area contributed by atoms with Gasteiger partial charge >= 0.3 is 0 Å². The van der Waals surface area contributed by atoms with Crippen LogP contribution in [0.2, 0.25) is 0 Å². The van der Waals surface area contributed by atoms with E-state index in [2.05, 4.69) is 31.9 Å². The van der Waals surface area contributed by atoms with Gasteiger partial charge in [0.25, 0.3) is 0 Å². The van der Waals surface area contributed by atoms with E-state index in [0.29, 0.717) is 17.7 Å². The molecule has 2 bridgehead atoms. The lowest BCUT2D eigenvalue weighted by Gasteiger charge is -2.32. The number of benzene rings is 1. The predicted octanol–water partition coefficient (Wildman–Crippen LogP) is -0.595. The zero-order valence-corrected chi connectivity index (χ0v) is 27.2. The van der Waals surface area contributed by atoms with Crippen molar-refractivity contribution in [2.75, 3.05) is 12.3 Å². The fourth-order valence-electron chi connectivity index (χ4n) is 4.80. The van der Waals surface area contributed by atoms with Crippen molar-refractivity contribution in [3.63, 3.8) is 0 Å². The van der Waals surface area contributed by atoms with Gasteiger partial charge in [-0.25, -0.2) is 0 Å². The van der Waals surface area contributed by atoms with Crippen molar-refractivity contribution in [1.29, 1.82) is 0 Å². The lowest BCUT2D eigenvalue weighted by molar-refractivity contribution is -0.136. The molecule has 1 aromatic carbocycles. The van der Waals surface area contributed by atoms with Gasteiger partial charge in [-0.15, -0.1) is 0 Å². The Labute approximate surface area is 270 Å². The number of fused-ring (bicyclic) bond motifs is 2. The van der Waals surface area contributed by atoms with Gasteiger partial charge < -0.3 is 37.4 Å². The number of hydrogen-bond acceptors (Lipinski definition) is 10. The Balaban J connectivity index is 1.97. The number of phenols is 1. The summed E-state index contributed by atoms with van der Waals surface area (Å²) in [5, 5.41) is 26.3. The summed E-state index contributed by atoms with van der Waals surface area (Å²) in [7, 11) is 2.90. The second-order valence-electron chi connectivity index (χ2n) is 11.2. The minimum atomic E-state index is -1.21. The summed E-state index contributed by atoms with van der Waals surface area (Å²) in [5.41, 5.74) is 5.99. The average molecular weight is 666 g/mol. The molecule has 248 valence electrons. The summed E-state index contributed by atoms with van der Waals surface area (Å²) in [4.78, 5) is 78.8. The van der Waals surface area contributed by atoms with E-state index in [1.807, 2.05) is 6.92 Å². The molecule has 7 unspecified atom stereocenters.